The molecule has 1 fully saturated rings. The molecule has 1 aliphatic rings. The summed E-state index contributed by atoms with van der Waals surface area (Å²) in [7, 11) is -4.63. The zero-order valence-corrected chi connectivity index (χ0v) is 29.0. The Hall–Kier alpha value is -1.39. The number of hydrogen-bond donors (Lipinski definition) is 1. The summed E-state index contributed by atoms with van der Waals surface area (Å²) in [5.41, 5.74) is 7.13. The van der Waals surface area contributed by atoms with Crippen LogP contribution in [0.1, 0.15) is 61.6 Å². The van der Waals surface area contributed by atoms with Gasteiger partial charge in [-0.1, -0.05) is 57.5 Å². The molecule has 2 aromatic heterocycles. The fourth-order valence-electron chi connectivity index (χ4n) is 3.75. The predicted molar refractivity (Wildman–Crippen MR) is 162 cm³/mol. The van der Waals surface area contributed by atoms with Crippen LogP contribution in [0, 0.1) is 0 Å². The zero-order chi connectivity index (χ0) is 29.8. The number of imidazole rings is 1. The fraction of sp³-hybridized carbons (Fsp3) is 0.769. The van der Waals surface area contributed by atoms with Crippen LogP contribution < -0.4 is 5.73 Å². The van der Waals surface area contributed by atoms with Crippen molar-refractivity contribution >= 4 is 55.5 Å². The number of alkyl halides is 1. The second kappa shape index (κ2) is 10.8. The molecule has 0 unspecified atom stereocenters. The van der Waals surface area contributed by atoms with E-state index in [1.54, 1.807) is 20.2 Å². The van der Waals surface area contributed by atoms with Crippen molar-refractivity contribution in [3.63, 3.8) is 0 Å². The van der Waals surface area contributed by atoms with Gasteiger partial charge in [-0.25, -0.2) is 15.0 Å². The molecule has 2 aromatic rings. The number of nitrogens with zero attached hydrogens (tertiary/aromatic N) is 4. The molecule has 0 amide bonds. The number of nitrogens with two attached hydrogens (primary N) is 1. The second-order valence-corrected chi connectivity index (χ2v) is 25.4. The van der Waals surface area contributed by atoms with Crippen LogP contribution in [0.5, 0.6) is 0 Å². The van der Waals surface area contributed by atoms with Gasteiger partial charge in [0.05, 0.1) is 6.33 Å². The second-order valence-electron chi connectivity index (χ2n) is 13.9. The summed E-state index contributed by atoms with van der Waals surface area (Å²) in [4.78, 5) is 25.7. The van der Waals surface area contributed by atoms with Gasteiger partial charge in [0.2, 0.25) is 0 Å². The van der Waals surface area contributed by atoms with Gasteiger partial charge in [0.1, 0.15) is 41.1 Å². The summed E-state index contributed by atoms with van der Waals surface area (Å²) in [5, 5.41) is -0.123. The molecule has 3 heterocycles. The van der Waals surface area contributed by atoms with E-state index in [4.69, 9.17) is 24.1 Å². The molecule has 0 aliphatic carbocycles. The van der Waals surface area contributed by atoms with Crippen molar-refractivity contribution in [3.05, 3.63) is 12.7 Å². The lowest BCUT2D eigenvalue weighted by Crippen LogP contribution is -2.54. The van der Waals surface area contributed by atoms with Crippen LogP contribution in [-0.4, -0.2) is 71.4 Å². The summed E-state index contributed by atoms with van der Waals surface area (Å²) in [5.74, 6) is -0.0891. The molecular weight excluding hydrogens is 598 g/mol. The first-order chi connectivity index (χ1) is 17.6. The van der Waals surface area contributed by atoms with Gasteiger partial charge in [0.25, 0.3) is 0 Å². The largest absolute Gasteiger partial charge is 0.462 e. The lowest BCUT2D eigenvalue weighted by atomic mass is 10.1. The lowest BCUT2D eigenvalue weighted by molar-refractivity contribution is -0.151. The van der Waals surface area contributed by atoms with Crippen LogP contribution in [0.3, 0.4) is 0 Å². The molecule has 0 radical (unpaired) electrons. The van der Waals surface area contributed by atoms with Crippen LogP contribution in [0.15, 0.2) is 12.7 Å². The normalized spacial score (nSPS) is 23.4. The van der Waals surface area contributed by atoms with Gasteiger partial charge in [-0.05, 0) is 50.1 Å². The highest BCUT2D eigenvalue weighted by atomic mass is 79.9. The van der Waals surface area contributed by atoms with Crippen molar-refractivity contribution in [2.24, 2.45) is 0 Å². The summed E-state index contributed by atoms with van der Waals surface area (Å²) >= 11 is 3.40. The minimum Gasteiger partial charge on any atom is -0.462 e. The molecule has 13 heteroatoms. The van der Waals surface area contributed by atoms with Crippen LogP contribution in [0.2, 0.25) is 36.3 Å². The Morgan fingerprint density at radius 2 is 1.51 bits per heavy atom. The van der Waals surface area contributed by atoms with E-state index in [1.165, 1.54) is 6.33 Å². The monoisotopic (exact) mass is 643 g/mol. The van der Waals surface area contributed by atoms with Crippen molar-refractivity contribution < 1.29 is 23.1 Å². The number of anilines is 1. The molecule has 0 saturated carbocycles. The zero-order valence-electron chi connectivity index (χ0n) is 25.5. The highest BCUT2D eigenvalue weighted by Gasteiger charge is 2.55. The Morgan fingerprint density at radius 1 is 0.974 bits per heavy atom. The molecule has 0 aromatic carbocycles. The minimum absolute atomic E-state index is 0.0186. The van der Waals surface area contributed by atoms with Crippen LogP contribution in [-0.2, 0) is 23.1 Å². The van der Waals surface area contributed by atoms with E-state index in [9.17, 15) is 4.79 Å². The average Bonchev–Trinajstić information content (AvgIpc) is 3.32. The molecule has 0 bridgehead atoms. The quantitative estimate of drug-likeness (QED) is 0.216. The standard InChI is InChI=1S/C26H46BrN5O5Si2/c1-24(2,3)38(9,10)36-18-16(13-34-23(33)26(7,8)27)35-22(19(18)37-39(11,12)25(4,5)6)32-15-31-17-20(28)29-14-30-21(17)32/h14-16,18-19,22H,13H2,1-12H3,(H2,28,29,30)/t16-,18-,19-,22-/m1/s1. The molecule has 4 atom stereocenters. The van der Waals surface area contributed by atoms with Crippen LogP contribution >= 0.6 is 15.9 Å². The predicted octanol–water partition coefficient (Wildman–Crippen LogP) is 5.80. The maximum Gasteiger partial charge on any atom is 0.322 e. The Balaban J connectivity index is 2.13. The summed E-state index contributed by atoms with van der Waals surface area (Å²) < 4.78 is 27.6. The van der Waals surface area contributed by atoms with Crippen molar-refractivity contribution in [2.45, 2.75) is 121 Å². The Bertz CT molecular complexity index is 1190. The summed E-state index contributed by atoms with van der Waals surface area (Å²) in [6.07, 6.45) is 0.863. The fourth-order valence-corrected chi connectivity index (χ4v) is 6.47. The van der Waals surface area contributed by atoms with E-state index < -0.39 is 45.5 Å². The highest BCUT2D eigenvalue weighted by molar-refractivity contribution is 9.10. The van der Waals surface area contributed by atoms with Gasteiger partial charge in [0.15, 0.2) is 34.3 Å². The number of esters is 1. The van der Waals surface area contributed by atoms with E-state index in [0.717, 1.165) is 0 Å². The third-order valence-corrected chi connectivity index (χ3v) is 17.6. The van der Waals surface area contributed by atoms with Crippen molar-refractivity contribution in [1.29, 1.82) is 0 Å². The van der Waals surface area contributed by atoms with Gasteiger partial charge in [-0.3, -0.25) is 9.36 Å². The van der Waals surface area contributed by atoms with Gasteiger partial charge in [-0.2, -0.15) is 0 Å². The van der Waals surface area contributed by atoms with E-state index in [-0.39, 0.29) is 28.5 Å². The van der Waals surface area contributed by atoms with Gasteiger partial charge >= 0.3 is 5.97 Å². The Labute approximate surface area is 243 Å². The number of hydrogen-bond acceptors (Lipinski definition) is 9. The first-order valence-corrected chi connectivity index (χ1v) is 20.0. The molecule has 1 saturated heterocycles. The number of ether oxygens (including phenoxy) is 2. The third kappa shape index (κ3) is 6.75. The maximum absolute atomic E-state index is 12.7. The highest BCUT2D eigenvalue weighted by Crippen LogP contribution is 2.46. The summed E-state index contributed by atoms with van der Waals surface area (Å²) in [6.45, 7) is 25.5. The average molecular weight is 645 g/mol. The number of carbonyl (C=O) groups is 1. The molecule has 2 N–H and O–H groups in total. The number of aromatic nitrogens is 4. The number of fused-ring (bicyclic) bond motifs is 1. The van der Waals surface area contributed by atoms with E-state index >= 15 is 0 Å². The van der Waals surface area contributed by atoms with E-state index in [2.05, 4.69) is 98.6 Å². The SMILES string of the molecule is CC(C)(Br)C(=O)OC[C@H]1O[C@@H](n2cnc3c(N)ncnc32)[C@H](O[Si](C)(C)C(C)(C)C)[C@@H]1O[Si](C)(C)C(C)(C)C. The molecule has 0 spiro atoms. The van der Waals surface area contributed by atoms with Gasteiger partial charge < -0.3 is 24.1 Å². The molecular formula is C26H46BrN5O5Si2. The van der Waals surface area contributed by atoms with Gasteiger partial charge in [-0.15, -0.1) is 0 Å². The maximum atomic E-state index is 12.7. The smallest absolute Gasteiger partial charge is 0.322 e. The number of halogens is 1. The Morgan fingerprint density at radius 3 is 2.03 bits per heavy atom. The number of nitrogen functional groups attached to an aromatic ring is 1. The topological polar surface area (TPSA) is 124 Å². The van der Waals surface area contributed by atoms with Crippen molar-refractivity contribution in [3.8, 4) is 0 Å². The first kappa shape index (κ1) is 32.1. The molecule has 220 valence electrons. The molecule has 39 heavy (non-hydrogen) atoms. The van der Waals surface area contributed by atoms with Crippen LogP contribution in [0.25, 0.3) is 11.2 Å². The lowest BCUT2D eigenvalue weighted by Gasteiger charge is -2.44. The third-order valence-electron chi connectivity index (χ3n) is 8.28. The molecule has 1 aliphatic heterocycles. The van der Waals surface area contributed by atoms with E-state index in [1.807, 2.05) is 4.57 Å². The number of rotatable bonds is 8. The van der Waals surface area contributed by atoms with Crippen molar-refractivity contribution in [1.82, 2.24) is 19.5 Å². The van der Waals surface area contributed by atoms with Crippen LogP contribution in [0.4, 0.5) is 5.82 Å². The summed E-state index contributed by atoms with van der Waals surface area (Å²) in [6, 6.07) is 0. The van der Waals surface area contributed by atoms with Crippen molar-refractivity contribution in [2.75, 3.05) is 12.3 Å². The van der Waals surface area contributed by atoms with Gasteiger partial charge in [0, 0.05) is 0 Å². The molecule has 10 nitrogen and oxygen atoms in total. The first-order valence-electron chi connectivity index (χ1n) is 13.4. The minimum atomic E-state index is -2.32. The molecule has 3 rings (SSSR count). The Kier molecular flexibility index (Phi) is 8.89. The number of carbonyl (C=O) groups excluding carboxylic acids is 1. The van der Waals surface area contributed by atoms with E-state index in [0.29, 0.717) is 11.2 Å².